The fraction of sp³-hybridized carbons (Fsp3) is 0.385. The summed E-state index contributed by atoms with van der Waals surface area (Å²) in [6.07, 6.45) is 1.00. The normalized spacial score (nSPS) is 11.7. The number of nitrogens with one attached hydrogen (secondary N) is 1. The highest BCUT2D eigenvalue weighted by Gasteiger charge is 2.18. The molecule has 0 aliphatic heterocycles. The third-order valence-corrected chi connectivity index (χ3v) is 2.72. The minimum absolute atomic E-state index is 0.00844. The van der Waals surface area contributed by atoms with Gasteiger partial charge in [-0.25, -0.2) is 4.79 Å². The average Bonchev–Trinajstić information content (AvgIpc) is 2.38. The molecule has 1 amide bonds. The van der Waals surface area contributed by atoms with Crippen molar-refractivity contribution in [2.75, 3.05) is 0 Å². The fourth-order valence-electron chi connectivity index (χ4n) is 1.71. The lowest BCUT2D eigenvalue weighted by Gasteiger charge is -2.13. The molecule has 0 aliphatic carbocycles. The molecule has 1 aromatic rings. The third-order valence-electron chi connectivity index (χ3n) is 2.72. The number of carboxylic acids is 1. The van der Waals surface area contributed by atoms with Gasteiger partial charge in [0.25, 0.3) is 5.69 Å². The highest BCUT2D eigenvalue weighted by atomic mass is 16.6. The van der Waals surface area contributed by atoms with E-state index in [1.54, 1.807) is 0 Å². The number of amides is 1. The Hall–Kier alpha value is -2.44. The van der Waals surface area contributed by atoms with Crippen LogP contribution in [-0.4, -0.2) is 27.9 Å². The minimum Gasteiger partial charge on any atom is -0.480 e. The molecule has 0 fully saturated rings. The number of carbonyl (C=O) groups is 2. The molecule has 1 aromatic carbocycles. The van der Waals surface area contributed by atoms with Gasteiger partial charge in [0.2, 0.25) is 5.91 Å². The van der Waals surface area contributed by atoms with Gasteiger partial charge in [-0.15, -0.1) is 0 Å². The van der Waals surface area contributed by atoms with E-state index >= 15 is 0 Å². The molecule has 1 atom stereocenters. The summed E-state index contributed by atoms with van der Waals surface area (Å²) in [7, 11) is 0. The van der Waals surface area contributed by atoms with Gasteiger partial charge in [-0.3, -0.25) is 14.9 Å². The number of benzene rings is 1. The molecule has 7 heteroatoms. The van der Waals surface area contributed by atoms with Crippen molar-refractivity contribution in [3.8, 4) is 0 Å². The molecule has 0 heterocycles. The molecular weight excluding hydrogens is 264 g/mol. The van der Waals surface area contributed by atoms with Gasteiger partial charge in [0, 0.05) is 12.1 Å². The Balaban J connectivity index is 2.61. The first kappa shape index (κ1) is 15.6. The summed E-state index contributed by atoms with van der Waals surface area (Å²) < 4.78 is 0. The number of nitrogens with zero attached hydrogens (tertiary/aromatic N) is 1. The Morgan fingerprint density at radius 1 is 1.35 bits per heavy atom. The molecule has 20 heavy (non-hydrogen) atoms. The van der Waals surface area contributed by atoms with Crippen molar-refractivity contribution in [2.24, 2.45) is 0 Å². The van der Waals surface area contributed by atoms with Gasteiger partial charge in [-0.2, -0.15) is 0 Å². The second kappa shape index (κ2) is 7.22. The first-order valence-electron chi connectivity index (χ1n) is 6.19. The molecule has 1 unspecified atom stereocenters. The average molecular weight is 280 g/mol. The standard InChI is InChI=1S/C13H16N2O5/c1-2-3-11(13(17)18)14-12(16)8-9-4-6-10(7-5-9)15(19)20/h4-7,11H,2-3,8H2,1H3,(H,14,16)(H,17,18). The zero-order valence-electron chi connectivity index (χ0n) is 11.0. The van der Waals surface area contributed by atoms with Crippen molar-refractivity contribution in [3.05, 3.63) is 39.9 Å². The molecule has 0 aromatic heterocycles. The monoisotopic (exact) mass is 280 g/mol. The number of nitro groups is 1. The lowest BCUT2D eigenvalue weighted by Crippen LogP contribution is -2.41. The Bertz CT molecular complexity index is 498. The van der Waals surface area contributed by atoms with Crippen LogP contribution in [0.1, 0.15) is 25.3 Å². The summed E-state index contributed by atoms with van der Waals surface area (Å²) in [4.78, 5) is 32.6. The number of carbonyl (C=O) groups excluding carboxylic acids is 1. The van der Waals surface area contributed by atoms with Crippen LogP contribution in [0.15, 0.2) is 24.3 Å². The zero-order valence-corrected chi connectivity index (χ0v) is 11.0. The van der Waals surface area contributed by atoms with Crippen molar-refractivity contribution < 1.29 is 19.6 Å². The maximum Gasteiger partial charge on any atom is 0.326 e. The van der Waals surface area contributed by atoms with E-state index in [0.717, 1.165) is 0 Å². The third kappa shape index (κ3) is 4.68. The number of hydrogen-bond acceptors (Lipinski definition) is 4. The molecule has 108 valence electrons. The lowest BCUT2D eigenvalue weighted by molar-refractivity contribution is -0.384. The Morgan fingerprint density at radius 2 is 1.95 bits per heavy atom. The summed E-state index contributed by atoms with van der Waals surface area (Å²) in [6.45, 7) is 1.83. The van der Waals surface area contributed by atoms with E-state index in [1.807, 2.05) is 6.92 Å². The highest BCUT2D eigenvalue weighted by molar-refractivity contribution is 5.84. The van der Waals surface area contributed by atoms with Crippen molar-refractivity contribution in [1.29, 1.82) is 0 Å². The predicted molar refractivity (Wildman–Crippen MR) is 71.3 cm³/mol. The van der Waals surface area contributed by atoms with Gasteiger partial charge in [0.1, 0.15) is 6.04 Å². The summed E-state index contributed by atoms with van der Waals surface area (Å²) in [6, 6.07) is 4.68. The van der Waals surface area contributed by atoms with Crippen LogP contribution < -0.4 is 5.32 Å². The number of hydrogen-bond donors (Lipinski definition) is 2. The van der Waals surface area contributed by atoms with Gasteiger partial charge in [-0.1, -0.05) is 25.5 Å². The Morgan fingerprint density at radius 3 is 2.40 bits per heavy atom. The molecule has 1 rings (SSSR count). The van der Waals surface area contributed by atoms with Gasteiger partial charge >= 0.3 is 5.97 Å². The molecule has 0 spiro atoms. The van der Waals surface area contributed by atoms with E-state index in [1.165, 1.54) is 24.3 Å². The van der Waals surface area contributed by atoms with Crippen LogP contribution in [0, 0.1) is 10.1 Å². The van der Waals surface area contributed by atoms with E-state index in [9.17, 15) is 19.7 Å². The molecule has 2 N–H and O–H groups in total. The van der Waals surface area contributed by atoms with Gasteiger partial charge in [0.05, 0.1) is 11.3 Å². The summed E-state index contributed by atoms with van der Waals surface area (Å²) >= 11 is 0. The topological polar surface area (TPSA) is 110 Å². The predicted octanol–water partition coefficient (Wildman–Crippen LogP) is 1.51. The molecule has 0 saturated heterocycles. The van der Waals surface area contributed by atoms with E-state index < -0.39 is 22.8 Å². The molecule has 0 bridgehead atoms. The van der Waals surface area contributed by atoms with Crippen LogP contribution in [0.25, 0.3) is 0 Å². The second-order valence-corrected chi connectivity index (χ2v) is 4.35. The summed E-state index contributed by atoms with van der Waals surface area (Å²) in [5.41, 5.74) is 0.539. The fourth-order valence-corrected chi connectivity index (χ4v) is 1.71. The largest absolute Gasteiger partial charge is 0.480 e. The molecule has 0 aliphatic rings. The van der Waals surface area contributed by atoms with Crippen molar-refractivity contribution in [3.63, 3.8) is 0 Å². The minimum atomic E-state index is -1.07. The molecule has 0 radical (unpaired) electrons. The highest BCUT2D eigenvalue weighted by Crippen LogP contribution is 2.12. The van der Waals surface area contributed by atoms with Crippen molar-refractivity contribution in [1.82, 2.24) is 5.32 Å². The van der Waals surface area contributed by atoms with Crippen LogP contribution in [0.2, 0.25) is 0 Å². The maximum absolute atomic E-state index is 11.7. The van der Waals surface area contributed by atoms with Crippen LogP contribution in [0.5, 0.6) is 0 Å². The number of nitro benzene ring substituents is 1. The summed E-state index contributed by atoms with van der Waals surface area (Å²) in [5.74, 6) is -1.48. The van der Waals surface area contributed by atoms with Crippen LogP contribution in [0.3, 0.4) is 0 Å². The quantitative estimate of drug-likeness (QED) is 0.581. The first-order chi connectivity index (χ1) is 9.43. The van der Waals surface area contributed by atoms with Crippen molar-refractivity contribution >= 4 is 17.6 Å². The molecule has 0 saturated carbocycles. The van der Waals surface area contributed by atoms with Gasteiger partial charge < -0.3 is 10.4 Å². The van der Waals surface area contributed by atoms with E-state index in [2.05, 4.69) is 5.32 Å². The maximum atomic E-state index is 11.7. The van der Waals surface area contributed by atoms with Gasteiger partial charge in [0.15, 0.2) is 0 Å². The lowest BCUT2D eigenvalue weighted by atomic mass is 10.1. The Kier molecular flexibility index (Phi) is 5.64. The second-order valence-electron chi connectivity index (χ2n) is 4.35. The van der Waals surface area contributed by atoms with E-state index in [-0.39, 0.29) is 12.1 Å². The zero-order chi connectivity index (χ0) is 15.1. The number of carboxylic acid groups (broad SMARTS) is 1. The van der Waals surface area contributed by atoms with Crippen molar-refractivity contribution in [2.45, 2.75) is 32.2 Å². The van der Waals surface area contributed by atoms with Crippen LogP contribution >= 0.6 is 0 Å². The smallest absolute Gasteiger partial charge is 0.326 e. The van der Waals surface area contributed by atoms with Crippen LogP contribution in [-0.2, 0) is 16.0 Å². The number of rotatable bonds is 7. The van der Waals surface area contributed by atoms with Gasteiger partial charge in [-0.05, 0) is 12.0 Å². The van der Waals surface area contributed by atoms with Crippen LogP contribution in [0.4, 0.5) is 5.69 Å². The van der Waals surface area contributed by atoms with E-state index in [4.69, 9.17) is 5.11 Å². The SMILES string of the molecule is CCCC(NC(=O)Cc1ccc([N+](=O)[O-])cc1)C(=O)O. The van der Waals surface area contributed by atoms with E-state index in [0.29, 0.717) is 18.4 Å². The first-order valence-corrected chi connectivity index (χ1v) is 6.19. The number of aliphatic carboxylic acids is 1. The number of non-ortho nitro benzene ring substituents is 1. The molecular formula is C13H16N2O5. The Labute approximate surface area is 115 Å². The molecule has 7 nitrogen and oxygen atoms in total. The summed E-state index contributed by atoms with van der Waals surface area (Å²) in [5, 5.41) is 21.8.